The largest absolute Gasteiger partial charge is 0.396 e. The van der Waals surface area contributed by atoms with Crippen molar-refractivity contribution in [2.24, 2.45) is 0 Å². The van der Waals surface area contributed by atoms with E-state index in [2.05, 4.69) is 22.1 Å². The molecule has 2 heterocycles. The molecule has 0 aliphatic carbocycles. The molecule has 2 N–H and O–H groups in total. The van der Waals surface area contributed by atoms with Gasteiger partial charge in [-0.15, -0.1) is 5.10 Å². The first-order valence-corrected chi connectivity index (χ1v) is 5.55. The van der Waals surface area contributed by atoms with E-state index >= 15 is 0 Å². The number of nitrogens with zero attached hydrogens (tertiary/aromatic N) is 3. The molecule has 1 unspecified atom stereocenters. The lowest BCUT2D eigenvalue weighted by Crippen LogP contribution is -2.30. The van der Waals surface area contributed by atoms with Gasteiger partial charge in [0.2, 0.25) is 0 Å². The van der Waals surface area contributed by atoms with Gasteiger partial charge in [-0.1, -0.05) is 18.0 Å². The number of aromatic nitrogens is 2. The van der Waals surface area contributed by atoms with Crippen LogP contribution in [0.2, 0.25) is 5.15 Å². The maximum atomic E-state index is 5.74. The lowest BCUT2D eigenvalue weighted by atomic mass is 10.00. The smallest absolute Gasteiger partial charge is 0.174 e. The molecule has 0 spiro atoms. The third-order valence-electron chi connectivity index (χ3n) is 2.91. The zero-order valence-corrected chi connectivity index (χ0v) is 9.54. The van der Waals surface area contributed by atoms with E-state index in [1.165, 1.54) is 12.8 Å². The summed E-state index contributed by atoms with van der Waals surface area (Å²) in [5.74, 6) is 0. The van der Waals surface area contributed by atoms with Crippen LogP contribution in [0.25, 0.3) is 0 Å². The van der Waals surface area contributed by atoms with Crippen molar-refractivity contribution >= 4 is 17.3 Å². The molecule has 0 saturated carbocycles. The Morgan fingerprint density at radius 1 is 1.47 bits per heavy atom. The number of piperidine rings is 1. The van der Waals surface area contributed by atoms with Gasteiger partial charge in [-0.2, -0.15) is 5.10 Å². The minimum Gasteiger partial charge on any atom is -0.396 e. The topological polar surface area (TPSA) is 55.0 Å². The predicted molar refractivity (Wildman–Crippen MR) is 60.7 cm³/mol. The molecule has 2 rings (SSSR count). The first-order valence-electron chi connectivity index (χ1n) is 5.17. The average Bonchev–Trinajstić information content (AvgIpc) is 2.23. The molecule has 0 aromatic carbocycles. The number of nitrogen functional groups attached to an aromatic ring is 1. The third kappa shape index (κ3) is 2.21. The van der Waals surface area contributed by atoms with Crippen LogP contribution in [0.4, 0.5) is 5.69 Å². The molecule has 1 aromatic rings. The minimum absolute atomic E-state index is 0.289. The van der Waals surface area contributed by atoms with E-state index in [0.29, 0.717) is 11.7 Å². The fourth-order valence-corrected chi connectivity index (χ4v) is 2.11. The van der Waals surface area contributed by atoms with E-state index in [-0.39, 0.29) is 5.15 Å². The molecule has 1 fully saturated rings. The highest BCUT2D eigenvalue weighted by Crippen LogP contribution is 2.29. The summed E-state index contributed by atoms with van der Waals surface area (Å²) in [5.41, 5.74) is 7.16. The Kier molecular flexibility index (Phi) is 3.07. The molecule has 15 heavy (non-hydrogen) atoms. The molecular formula is C10H15ClN4. The quantitative estimate of drug-likeness (QED) is 0.795. The summed E-state index contributed by atoms with van der Waals surface area (Å²) < 4.78 is 0. The molecule has 1 aliphatic heterocycles. The highest BCUT2D eigenvalue weighted by molar-refractivity contribution is 6.31. The van der Waals surface area contributed by atoms with Crippen LogP contribution in [0.5, 0.6) is 0 Å². The van der Waals surface area contributed by atoms with E-state index < -0.39 is 0 Å². The van der Waals surface area contributed by atoms with E-state index in [0.717, 1.165) is 18.7 Å². The van der Waals surface area contributed by atoms with Crippen molar-refractivity contribution in [2.75, 3.05) is 19.3 Å². The van der Waals surface area contributed by atoms with E-state index in [1.54, 1.807) is 0 Å². The first-order chi connectivity index (χ1) is 7.18. The van der Waals surface area contributed by atoms with Crippen molar-refractivity contribution in [3.8, 4) is 0 Å². The summed E-state index contributed by atoms with van der Waals surface area (Å²) in [7, 11) is 2.11. The second kappa shape index (κ2) is 4.33. The lowest BCUT2D eigenvalue weighted by Gasteiger charge is -2.31. The zero-order chi connectivity index (χ0) is 10.8. The van der Waals surface area contributed by atoms with Crippen LogP contribution >= 0.6 is 11.6 Å². The van der Waals surface area contributed by atoms with Crippen molar-refractivity contribution in [1.29, 1.82) is 0 Å². The third-order valence-corrected chi connectivity index (χ3v) is 3.20. The van der Waals surface area contributed by atoms with Gasteiger partial charge in [-0.05, 0) is 32.5 Å². The fourth-order valence-electron chi connectivity index (χ4n) is 2.02. The highest BCUT2D eigenvalue weighted by atomic mass is 35.5. The number of nitrogens with two attached hydrogens (primary N) is 1. The standard InChI is InChI=1S/C10H15ClN4/c1-15-5-3-2-4-9(15)8-6-7(12)10(11)14-13-8/h6,9H,2-5H2,1H3,(H2,12,13). The Morgan fingerprint density at radius 3 is 2.93 bits per heavy atom. The van der Waals surface area contributed by atoms with Crippen LogP contribution in [-0.2, 0) is 0 Å². The second-order valence-electron chi connectivity index (χ2n) is 4.01. The summed E-state index contributed by atoms with van der Waals surface area (Å²) in [4.78, 5) is 2.29. The number of halogens is 1. The Morgan fingerprint density at radius 2 is 2.27 bits per heavy atom. The molecule has 0 amide bonds. The SMILES string of the molecule is CN1CCCCC1c1cc(N)c(Cl)nn1. The maximum Gasteiger partial charge on any atom is 0.174 e. The van der Waals surface area contributed by atoms with Crippen molar-refractivity contribution in [3.05, 3.63) is 16.9 Å². The van der Waals surface area contributed by atoms with Gasteiger partial charge in [0.15, 0.2) is 5.15 Å². The van der Waals surface area contributed by atoms with Gasteiger partial charge in [0.05, 0.1) is 17.4 Å². The summed E-state index contributed by atoms with van der Waals surface area (Å²) in [6.45, 7) is 1.11. The summed E-state index contributed by atoms with van der Waals surface area (Å²) >= 11 is 5.74. The Balaban J connectivity index is 2.24. The predicted octanol–water partition coefficient (Wildman–Crippen LogP) is 1.87. The molecule has 1 atom stereocenters. The van der Waals surface area contributed by atoms with Gasteiger partial charge < -0.3 is 5.73 Å². The Bertz CT molecular complexity index is 355. The van der Waals surface area contributed by atoms with Crippen LogP contribution in [0.15, 0.2) is 6.07 Å². The van der Waals surface area contributed by atoms with Gasteiger partial charge in [-0.3, -0.25) is 4.90 Å². The summed E-state index contributed by atoms with van der Waals surface area (Å²) in [6, 6.07) is 2.17. The fraction of sp³-hybridized carbons (Fsp3) is 0.600. The van der Waals surface area contributed by atoms with Crippen molar-refractivity contribution in [1.82, 2.24) is 15.1 Å². The summed E-state index contributed by atoms with van der Waals surface area (Å²) in [5, 5.41) is 8.25. The number of anilines is 1. The monoisotopic (exact) mass is 226 g/mol. The van der Waals surface area contributed by atoms with Crippen LogP contribution in [-0.4, -0.2) is 28.7 Å². The Hall–Kier alpha value is -0.870. The van der Waals surface area contributed by atoms with Gasteiger partial charge >= 0.3 is 0 Å². The van der Waals surface area contributed by atoms with E-state index in [4.69, 9.17) is 17.3 Å². The molecular weight excluding hydrogens is 212 g/mol. The van der Waals surface area contributed by atoms with Crippen LogP contribution in [0.1, 0.15) is 31.0 Å². The highest BCUT2D eigenvalue weighted by Gasteiger charge is 2.22. The van der Waals surface area contributed by atoms with E-state index in [1.807, 2.05) is 6.07 Å². The van der Waals surface area contributed by atoms with Crippen LogP contribution < -0.4 is 5.73 Å². The van der Waals surface area contributed by atoms with Crippen molar-refractivity contribution in [2.45, 2.75) is 25.3 Å². The van der Waals surface area contributed by atoms with Gasteiger partial charge in [0.1, 0.15) is 0 Å². The molecule has 1 aliphatic rings. The van der Waals surface area contributed by atoms with Crippen LogP contribution in [0.3, 0.4) is 0 Å². The molecule has 82 valence electrons. The van der Waals surface area contributed by atoms with E-state index in [9.17, 15) is 0 Å². The van der Waals surface area contributed by atoms with Gasteiger partial charge in [-0.25, -0.2) is 0 Å². The number of rotatable bonds is 1. The van der Waals surface area contributed by atoms with Gasteiger partial charge in [0.25, 0.3) is 0 Å². The minimum atomic E-state index is 0.289. The average molecular weight is 227 g/mol. The van der Waals surface area contributed by atoms with Crippen molar-refractivity contribution in [3.63, 3.8) is 0 Å². The number of likely N-dealkylation sites (tertiary alicyclic amines) is 1. The number of hydrogen-bond acceptors (Lipinski definition) is 4. The Labute approximate surface area is 94.4 Å². The molecule has 1 aromatic heterocycles. The normalized spacial score (nSPS) is 22.9. The van der Waals surface area contributed by atoms with Gasteiger partial charge in [0, 0.05) is 0 Å². The summed E-state index contributed by atoms with van der Waals surface area (Å²) in [6.07, 6.45) is 3.61. The molecule has 0 bridgehead atoms. The molecule has 4 nitrogen and oxygen atoms in total. The zero-order valence-electron chi connectivity index (χ0n) is 8.78. The number of hydrogen-bond donors (Lipinski definition) is 1. The molecule has 0 radical (unpaired) electrons. The van der Waals surface area contributed by atoms with Crippen LogP contribution in [0, 0.1) is 0 Å². The first kappa shape index (κ1) is 10.6. The van der Waals surface area contributed by atoms with Crippen molar-refractivity contribution < 1.29 is 0 Å². The lowest BCUT2D eigenvalue weighted by molar-refractivity contribution is 0.183. The maximum absolute atomic E-state index is 5.74. The molecule has 1 saturated heterocycles. The second-order valence-corrected chi connectivity index (χ2v) is 4.37. The molecule has 5 heteroatoms.